The first-order valence-corrected chi connectivity index (χ1v) is 12.2. The van der Waals surface area contributed by atoms with Crippen molar-refractivity contribution in [3.63, 3.8) is 0 Å². The van der Waals surface area contributed by atoms with Gasteiger partial charge in [0.05, 0.1) is 18.2 Å². The summed E-state index contributed by atoms with van der Waals surface area (Å²) in [7, 11) is -4.38. The van der Waals surface area contributed by atoms with Crippen LogP contribution in [0.1, 0.15) is 11.8 Å². The molecule has 15 heteroatoms. The first kappa shape index (κ1) is 24.3. The molecule has 3 heterocycles. The van der Waals surface area contributed by atoms with Crippen LogP contribution in [0.15, 0.2) is 30.5 Å². The molecular formula is C18H20Cl2N5O7P. The van der Waals surface area contributed by atoms with Gasteiger partial charge in [-0.3, -0.25) is 4.57 Å². The van der Waals surface area contributed by atoms with Gasteiger partial charge in [0.2, 0.25) is 5.28 Å². The summed E-state index contributed by atoms with van der Waals surface area (Å²) in [6.07, 6.45) is -4.38. The molecule has 0 spiro atoms. The molecule has 2 aromatic heterocycles. The summed E-state index contributed by atoms with van der Waals surface area (Å²) in [5.41, 5.74) is 1.08. The van der Waals surface area contributed by atoms with Crippen LogP contribution in [0.3, 0.4) is 0 Å². The molecule has 178 valence electrons. The number of ether oxygens (including phenoxy) is 2. The molecule has 4 atom stereocenters. The largest absolute Gasteiger partial charge is 0.387 e. The molecule has 1 aliphatic rings. The smallest absolute Gasteiger partial charge is 0.350 e. The highest BCUT2D eigenvalue weighted by atomic mass is 35.5. The van der Waals surface area contributed by atoms with Crippen molar-refractivity contribution in [1.29, 1.82) is 0 Å². The summed E-state index contributed by atoms with van der Waals surface area (Å²) in [5.74, 6) is 0.380. The van der Waals surface area contributed by atoms with E-state index in [1.165, 1.54) is 10.9 Å². The van der Waals surface area contributed by atoms with Crippen molar-refractivity contribution in [2.75, 3.05) is 18.3 Å². The second-order valence-corrected chi connectivity index (χ2v) is 9.66. The number of aliphatic hydroxyl groups excluding tert-OH is 2. The van der Waals surface area contributed by atoms with Gasteiger partial charge in [-0.1, -0.05) is 29.8 Å². The summed E-state index contributed by atoms with van der Waals surface area (Å²) in [5, 5.41) is 29.1. The predicted octanol–water partition coefficient (Wildman–Crippen LogP) is 1.52. The third-order valence-electron chi connectivity index (χ3n) is 4.95. The Bertz CT molecular complexity index is 1190. The molecule has 4 rings (SSSR count). The van der Waals surface area contributed by atoms with Crippen molar-refractivity contribution >= 4 is 47.6 Å². The van der Waals surface area contributed by atoms with E-state index in [9.17, 15) is 14.8 Å². The Labute approximate surface area is 197 Å². The molecule has 1 aliphatic heterocycles. The number of hydrogen-bond donors (Lipinski definition) is 5. The zero-order valence-electron chi connectivity index (χ0n) is 16.8. The molecule has 1 fully saturated rings. The van der Waals surface area contributed by atoms with Crippen LogP contribution >= 0.6 is 30.8 Å². The zero-order valence-corrected chi connectivity index (χ0v) is 19.2. The molecule has 0 aliphatic carbocycles. The monoisotopic (exact) mass is 519 g/mol. The Balaban J connectivity index is 1.55. The summed E-state index contributed by atoms with van der Waals surface area (Å²) in [6, 6.07) is 7.30. The van der Waals surface area contributed by atoms with E-state index >= 15 is 0 Å². The van der Waals surface area contributed by atoms with Gasteiger partial charge in [-0.2, -0.15) is 15.1 Å². The van der Waals surface area contributed by atoms with Crippen molar-refractivity contribution < 1.29 is 34.0 Å². The number of halogens is 2. The van der Waals surface area contributed by atoms with Crippen LogP contribution in [-0.4, -0.2) is 71.0 Å². The molecule has 0 unspecified atom stereocenters. The summed E-state index contributed by atoms with van der Waals surface area (Å²) >= 11 is 12.3. The first-order chi connectivity index (χ1) is 15.6. The van der Waals surface area contributed by atoms with Gasteiger partial charge in [-0.25, -0.2) is 4.68 Å². The molecular weight excluding hydrogens is 500 g/mol. The molecule has 12 nitrogen and oxygen atoms in total. The van der Waals surface area contributed by atoms with Crippen molar-refractivity contribution in [1.82, 2.24) is 19.7 Å². The van der Waals surface area contributed by atoms with Gasteiger partial charge >= 0.3 is 7.60 Å². The van der Waals surface area contributed by atoms with Crippen molar-refractivity contribution in [3.05, 3.63) is 46.3 Å². The topological polar surface area (TPSA) is 172 Å². The van der Waals surface area contributed by atoms with Crippen LogP contribution in [0.25, 0.3) is 11.0 Å². The van der Waals surface area contributed by atoms with Crippen LogP contribution in [0.4, 0.5) is 5.82 Å². The lowest BCUT2D eigenvalue weighted by atomic mass is 10.1. The van der Waals surface area contributed by atoms with Crippen LogP contribution < -0.4 is 5.32 Å². The average Bonchev–Trinajstić information content (AvgIpc) is 3.28. The van der Waals surface area contributed by atoms with Crippen LogP contribution in [0, 0.1) is 0 Å². The molecule has 3 aromatic rings. The Kier molecular flexibility index (Phi) is 7.20. The second kappa shape index (κ2) is 9.79. The first-order valence-electron chi connectivity index (χ1n) is 9.66. The normalized spacial score (nSPS) is 23.3. The number of rotatable bonds is 8. The van der Waals surface area contributed by atoms with E-state index in [-0.39, 0.29) is 17.5 Å². The minimum absolute atomic E-state index is 0.0829. The standard InChI is InChI=1S/C18H20Cl2N5O7P/c19-11-4-2-1-3-9(11)5-21-15-10-6-22-25(16(10)24-18(20)23-15)17-14(27)13(26)12(32-17)7-31-8-33(28,29)30/h1-4,6,12-14,17,26-27H,5,7-8H2,(H,21,23,24)(H2,28,29,30)/t12-,13+,14+,17+/m0/s1. The third kappa shape index (κ3) is 5.46. The molecule has 0 radical (unpaired) electrons. The molecule has 1 aromatic carbocycles. The van der Waals surface area contributed by atoms with Crippen molar-refractivity contribution in [2.24, 2.45) is 0 Å². The lowest BCUT2D eigenvalue weighted by Gasteiger charge is -2.16. The SMILES string of the molecule is O=P(O)(O)COC[C@@H]1O[C@@H](n2ncc3c(NCc4ccccc4Cl)nc(Cl)nc32)[C@H](O)[C@@H]1O. The molecule has 1 saturated heterocycles. The summed E-state index contributed by atoms with van der Waals surface area (Å²) < 4.78 is 22.8. The van der Waals surface area contributed by atoms with Crippen molar-refractivity contribution in [2.45, 2.75) is 31.1 Å². The highest BCUT2D eigenvalue weighted by Crippen LogP contribution is 2.36. The third-order valence-corrected chi connectivity index (χ3v) is 6.01. The number of nitrogens with zero attached hydrogens (tertiary/aromatic N) is 4. The summed E-state index contributed by atoms with van der Waals surface area (Å²) in [4.78, 5) is 26.2. The van der Waals surface area contributed by atoms with Gasteiger partial charge in [0.25, 0.3) is 0 Å². The number of aliphatic hydroxyl groups is 2. The zero-order chi connectivity index (χ0) is 23.8. The maximum Gasteiger partial charge on any atom is 0.350 e. The number of anilines is 1. The number of aromatic nitrogens is 4. The number of fused-ring (bicyclic) bond motifs is 1. The van der Waals surface area contributed by atoms with E-state index in [2.05, 4.69) is 20.4 Å². The summed E-state index contributed by atoms with van der Waals surface area (Å²) in [6.45, 7) is 0.00691. The predicted molar refractivity (Wildman–Crippen MR) is 118 cm³/mol. The Morgan fingerprint density at radius 2 is 1.94 bits per heavy atom. The van der Waals surface area contributed by atoms with Crippen LogP contribution in [-0.2, 0) is 20.6 Å². The Morgan fingerprint density at radius 3 is 2.67 bits per heavy atom. The molecule has 0 amide bonds. The van der Waals surface area contributed by atoms with E-state index in [0.717, 1.165) is 5.56 Å². The lowest BCUT2D eigenvalue weighted by molar-refractivity contribution is -0.0658. The van der Waals surface area contributed by atoms with Crippen LogP contribution in [0.5, 0.6) is 0 Å². The Hall–Kier alpha value is -1.86. The van der Waals surface area contributed by atoms with Gasteiger partial charge in [0.15, 0.2) is 11.9 Å². The number of nitrogens with one attached hydrogen (secondary N) is 1. The quantitative estimate of drug-likeness (QED) is 0.215. The van der Waals surface area contributed by atoms with E-state index in [1.807, 2.05) is 18.2 Å². The van der Waals surface area contributed by atoms with Gasteiger partial charge < -0.3 is 34.8 Å². The fourth-order valence-corrected chi connectivity index (χ4v) is 4.11. The second-order valence-electron chi connectivity index (χ2n) is 7.32. The lowest BCUT2D eigenvalue weighted by Crippen LogP contribution is -2.34. The minimum Gasteiger partial charge on any atom is -0.387 e. The fourth-order valence-electron chi connectivity index (χ4n) is 3.40. The maximum atomic E-state index is 10.9. The van der Waals surface area contributed by atoms with Crippen LogP contribution in [0.2, 0.25) is 10.3 Å². The maximum absolute atomic E-state index is 10.9. The molecule has 0 saturated carbocycles. The molecule has 5 N–H and O–H groups in total. The van der Waals surface area contributed by atoms with E-state index in [0.29, 0.717) is 22.8 Å². The molecule has 33 heavy (non-hydrogen) atoms. The number of hydrogen-bond acceptors (Lipinski definition) is 9. The minimum atomic E-state index is -4.38. The fraction of sp³-hybridized carbons (Fsp3) is 0.389. The van der Waals surface area contributed by atoms with E-state index < -0.39 is 38.5 Å². The van der Waals surface area contributed by atoms with Gasteiger partial charge in [0.1, 0.15) is 30.5 Å². The van der Waals surface area contributed by atoms with Gasteiger partial charge in [-0.15, -0.1) is 0 Å². The highest BCUT2D eigenvalue weighted by molar-refractivity contribution is 7.51. The van der Waals surface area contributed by atoms with Gasteiger partial charge in [-0.05, 0) is 23.2 Å². The van der Waals surface area contributed by atoms with E-state index in [4.69, 9.17) is 42.5 Å². The van der Waals surface area contributed by atoms with Crippen molar-refractivity contribution in [3.8, 4) is 0 Å². The van der Waals surface area contributed by atoms with E-state index in [1.54, 1.807) is 6.07 Å². The average molecular weight is 520 g/mol. The van der Waals surface area contributed by atoms with Gasteiger partial charge in [0, 0.05) is 11.6 Å². The Morgan fingerprint density at radius 1 is 1.18 bits per heavy atom. The molecule has 0 bridgehead atoms. The highest BCUT2D eigenvalue weighted by Gasteiger charge is 2.45. The number of benzene rings is 1.